The predicted octanol–water partition coefficient (Wildman–Crippen LogP) is 1.46. The maximum Gasteiger partial charge on any atom is 0.114 e. The molecule has 0 radical (unpaired) electrons. The monoisotopic (exact) mass is 205 g/mol. The lowest BCUT2D eigenvalue weighted by molar-refractivity contribution is 0.266. The van der Waals surface area contributed by atoms with Gasteiger partial charge < -0.3 is 9.67 Å². The molecule has 0 heterocycles. The molecule has 0 aromatic carbocycles. The molecule has 0 rings (SSSR count). The number of hydrogen-bond donors (Lipinski definition) is 1. The van der Waals surface area contributed by atoms with Crippen LogP contribution in [0.3, 0.4) is 0 Å². The summed E-state index contributed by atoms with van der Waals surface area (Å²) in [5.41, 5.74) is -0.0958. The Labute approximate surface area is 78.5 Å². The van der Waals surface area contributed by atoms with Gasteiger partial charge in [-0.2, -0.15) is 0 Å². The highest BCUT2D eigenvalue weighted by Gasteiger charge is 2.46. The summed E-state index contributed by atoms with van der Waals surface area (Å²) in [4.78, 5) is 0. The van der Waals surface area contributed by atoms with Crippen molar-refractivity contribution in [2.75, 3.05) is 14.1 Å². The second-order valence-corrected chi connectivity index (χ2v) is 20.7. The zero-order valence-corrected chi connectivity index (χ0v) is 11.5. The van der Waals surface area contributed by atoms with Crippen LogP contribution in [0, 0.1) is 0 Å². The van der Waals surface area contributed by atoms with Crippen molar-refractivity contribution in [2.45, 2.75) is 38.8 Å². The number of aliphatic hydroxyl groups excluding tert-OH is 1. The Balaban J connectivity index is 4.75. The van der Waals surface area contributed by atoms with E-state index in [2.05, 4.69) is 44.8 Å². The molecule has 0 aliphatic heterocycles. The van der Waals surface area contributed by atoms with Crippen LogP contribution in [-0.4, -0.2) is 44.8 Å². The van der Waals surface area contributed by atoms with E-state index < -0.39 is 15.3 Å². The maximum atomic E-state index is 9.73. The topological polar surface area (TPSA) is 23.5 Å². The molecule has 0 aromatic heterocycles. The number of hydrogen-bond acceptors (Lipinski definition) is 2. The van der Waals surface area contributed by atoms with Crippen LogP contribution >= 0.6 is 0 Å². The molecule has 1 unspecified atom stereocenters. The van der Waals surface area contributed by atoms with E-state index in [0.29, 0.717) is 0 Å². The van der Waals surface area contributed by atoms with Gasteiger partial charge in [-0.3, -0.25) is 0 Å². The number of rotatable bonds is 3. The lowest BCUT2D eigenvalue weighted by Gasteiger charge is -2.44. The normalized spacial score (nSPS) is 16.8. The van der Waals surface area contributed by atoms with Gasteiger partial charge in [-0.05, 0) is 21.0 Å². The Morgan fingerprint density at radius 3 is 1.50 bits per heavy atom. The molecule has 0 spiro atoms. The predicted molar refractivity (Wildman–Crippen MR) is 60.3 cm³/mol. The first-order valence-electron chi connectivity index (χ1n) is 4.49. The molecule has 1 atom stereocenters. The number of nitrogens with zero attached hydrogens (tertiary/aromatic N) is 1. The molecule has 0 saturated heterocycles. The molecule has 0 bridgehead atoms. The van der Waals surface area contributed by atoms with Gasteiger partial charge in [0, 0.05) is 5.73 Å². The third-order valence-corrected chi connectivity index (χ3v) is 23.3. The quantitative estimate of drug-likeness (QED) is 0.705. The summed E-state index contributed by atoms with van der Waals surface area (Å²) in [7, 11) is 1.48. The number of aliphatic hydroxyl groups is 1. The van der Waals surface area contributed by atoms with Crippen molar-refractivity contribution >= 4 is 15.3 Å². The van der Waals surface area contributed by atoms with E-state index in [4.69, 9.17) is 0 Å². The van der Waals surface area contributed by atoms with Crippen LogP contribution in [0.5, 0.6) is 0 Å². The highest BCUT2D eigenvalue weighted by Crippen LogP contribution is 2.23. The Morgan fingerprint density at radius 1 is 1.08 bits per heavy atom. The molecule has 0 aromatic rings. The summed E-state index contributed by atoms with van der Waals surface area (Å²) in [5, 5.41) is 9.73. The molecule has 0 saturated carbocycles. The second-order valence-electron chi connectivity index (χ2n) is 4.85. The van der Waals surface area contributed by atoms with Crippen LogP contribution in [0.15, 0.2) is 0 Å². The molecule has 0 aliphatic carbocycles. The van der Waals surface area contributed by atoms with E-state index in [9.17, 15) is 5.11 Å². The SMILES string of the molecule is CC(O)[Si](C)(C)[Si](C)(C)N(C)C. The van der Waals surface area contributed by atoms with E-state index in [-0.39, 0.29) is 5.73 Å². The van der Waals surface area contributed by atoms with Crippen LogP contribution in [0.1, 0.15) is 6.92 Å². The zero-order chi connectivity index (χ0) is 10.2. The summed E-state index contributed by atoms with van der Waals surface area (Å²) in [6, 6.07) is 0. The first kappa shape index (κ1) is 12.4. The molecule has 0 amide bonds. The van der Waals surface area contributed by atoms with E-state index >= 15 is 0 Å². The maximum absolute atomic E-state index is 9.73. The molecular formula is C8H23NOSi2. The molecular weight excluding hydrogens is 182 g/mol. The lowest BCUT2D eigenvalue weighted by Crippen LogP contribution is -2.68. The van der Waals surface area contributed by atoms with Crippen molar-refractivity contribution in [3.05, 3.63) is 0 Å². The third kappa shape index (κ3) is 1.99. The van der Waals surface area contributed by atoms with Gasteiger partial charge in [0.1, 0.15) is 7.75 Å². The standard InChI is InChI=1S/C8H23NOSi2/c1-8(10)11(4,5)12(6,7)9(2)3/h8,10H,1-7H3. The van der Waals surface area contributed by atoms with Crippen LogP contribution in [0.25, 0.3) is 0 Å². The van der Waals surface area contributed by atoms with Gasteiger partial charge >= 0.3 is 0 Å². The van der Waals surface area contributed by atoms with E-state index in [1.54, 1.807) is 0 Å². The van der Waals surface area contributed by atoms with Crippen LogP contribution in [0.4, 0.5) is 0 Å². The molecule has 0 aliphatic rings. The average molecular weight is 205 g/mol. The van der Waals surface area contributed by atoms with Crippen molar-refractivity contribution in [1.29, 1.82) is 0 Å². The lowest BCUT2D eigenvalue weighted by atomic mass is 10.9. The fourth-order valence-electron chi connectivity index (χ4n) is 1.09. The first-order valence-corrected chi connectivity index (χ1v) is 11.5. The van der Waals surface area contributed by atoms with Crippen molar-refractivity contribution in [2.24, 2.45) is 0 Å². The van der Waals surface area contributed by atoms with Gasteiger partial charge in [-0.25, -0.2) is 0 Å². The van der Waals surface area contributed by atoms with Crippen molar-refractivity contribution < 1.29 is 5.11 Å². The van der Waals surface area contributed by atoms with Crippen LogP contribution in [-0.2, 0) is 0 Å². The van der Waals surface area contributed by atoms with Crippen LogP contribution < -0.4 is 0 Å². The van der Waals surface area contributed by atoms with Crippen LogP contribution in [0.2, 0.25) is 26.2 Å². The van der Waals surface area contributed by atoms with Gasteiger partial charge in [-0.1, -0.05) is 26.2 Å². The average Bonchev–Trinajstić information content (AvgIpc) is 1.86. The molecule has 2 nitrogen and oxygen atoms in total. The molecule has 4 heteroatoms. The largest absolute Gasteiger partial charge is 0.397 e. The van der Waals surface area contributed by atoms with Gasteiger partial charge in [0.15, 0.2) is 0 Å². The van der Waals surface area contributed by atoms with Crippen molar-refractivity contribution in [3.63, 3.8) is 0 Å². The molecule has 74 valence electrons. The smallest absolute Gasteiger partial charge is 0.114 e. The van der Waals surface area contributed by atoms with Gasteiger partial charge in [0.05, 0.1) is 7.59 Å². The summed E-state index contributed by atoms with van der Waals surface area (Å²) >= 11 is 0. The Hall–Kier alpha value is 0.354. The summed E-state index contributed by atoms with van der Waals surface area (Å²) < 4.78 is 2.35. The van der Waals surface area contributed by atoms with E-state index in [1.807, 2.05) is 6.92 Å². The first-order chi connectivity index (χ1) is 5.14. The minimum Gasteiger partial charge on any atom is -0.397 e. The fraction of sp³-hybridized carbons (Fsp3) is 1.00. The Kier molecular flexibility index (Phi) is 3.72. The molecule has 12 heavy (non-hydrogen) atoms. The van der Waals surface area contributed by atoms with Crippen molar-refractivity contribution in [3.8, 4) is 0 Å². The van der Waals surface area contributed by atoms with Gasteiger partial charge in [0.25, 0.3) is 0 Å². The third-order valence-electron chi connectivity index (χ3n) is 3.74. The fourth-order valence-corrected chi connectivity index (χ4v) is 9.79. The second kappa shape index (κ2) is 3.61. The molecule has 1 N–H and O–H groups in total. The summed E-state index contributed by atoms with van der Waals surface area (Å²) in [6.07, 6.45) is 0. The Bertz CT molecular complexity index is 137. The highest BCUT2D eigenvalue weighted by molar-refractivity contribution is 7.40. The van der Waals surface area contributed by atoms with Gasteiger partial charge in [-0.15, -0.1) is 0 Å². The van der Waals surface area contributed by atoms with Gasteiger partial charge in [0.2, 0.25) is 0 Å². The Morgan fingerprint density at radius 2 is 1.42 bits per heavy atom. The molecule has 0 fully saturated rings. The summed E-state index contributed by atoms with van der Waals surface area (Å²) in [5.74, 6) is 0. The highest BCUT2D eigenvalue weighted by atomic mass is 29.3. The van der Waals surface area contributed by atoms with E-state index in [0.717, 1.165) is 0 Å². The van der Waals surface area contributed by atoms with E-state index in [1.165, 1.54) is 0 Å². The minimum absolute atomic E-state index is 0.0958. The minimum atomic E-state index is -1.45. The zero-order valence-electron chi connectivity index (χ0n) is 9.47. The summed E-state index contributed by atoms with van der Waals surface area (Å²) in [6.45, 7) is 11.2. The van der Waals surface area contributed by atoms with Crippen molar-refractivity contribution in [1.82, 2.24) is 4.57 Å².